The number of aromatic nitrogens is 2. The summed E-state index contributed by atoms with van der Waals surface area (Å²) in [6.07, 6.45) is 1.43. The number of nitro groups is 1. The molecule has 1 aliphatic rings. The molecule has 4 rings (SSSR count). The summed E-state index contributed by atoms with van der Waals surface area (Å²) in [5.74, 6) is 1.07. The van der Waals surface area contributed by atoms with E-state index in [1.54, 1.807) is 0 Å². The number of nitrogens with zero attached hydrogens (tertiary/aromatic N) is 3. The van der Waals surface area contributed by atoms with E-state index in [4.69, 9.17) is 9.47 Å². The van der Waals surface area contributed by atoms with Crippen molar-refractivity contribution in [3.8, 4) is 17.6 Å². The quantitative estimate of drug-likeness (QED) is 0.429. The van der Waals surface area contributed by atoms with Gasteiger partial charge in [0.2, 0.25) is 6.79 Å². The van der Waals surface area contributed by atoms with E-state index in [0.29, 0.717) is 17.3 Å². The standard InChI is InChI=1S/C19H14N4O4/c1-10-3-14-15(4-11(10)2)22-19(21-14)13(8-20)5-12-6-17-18(27-9-26-17)7-16(12)23(24)25/h3-7H,9H2,1-2H3,(H,21,22). The van der Waals surface area contributed by atoms with Gasteiger partial charge in [-0.3, -0.25) is 10.1 Å². The molecule has 8 nitrogen and oxygen atoms in total. The molecule has 2 aromatic carbocycles. The highest BCUT2D eigenvalue weighted by Gasteiger charge is 2.23. The fraction of sp³-hybridized carbons (Fsp3) is 0.158. The Morgan fingerprint density at radius 1 is 1.26 bits per heavy atom. The number of fused-ring (bicyclic) bond motifs is 2. The first-order chi connectivity index (χ1) is 13.0. The van der Waals surface area contributed by atoms with Crippen LogP contribution in [0.15, 0.2) is 24.3 Å². The number of hydrogen-bond acceptors (Lipinski definition) is 6. The maximum atomic E-state index is 11.4. The van der Waals surface area contributed by atoms with Crippen molar-refractivity contribution in [2.45, 2.75) is 13.8 Å². The van der Waals surface area contributed by atoms with Crippen molar-refractivity contribution in [3.63, 3.8) is 0 Å². The van der Waals surface area contributed by atoms with Crippen molar-refractivity contribution in [1.82, 2.24) is 9.97 Å². The van der Waals surface area contributed by atoms with Gasteiger partial charge in [0.1, 0.15) is 11.9 Å². The van der Waals surface area contributed by atoms with Gasteiger partial charge in [0.05, 0.1) is 33.2 Å². The summed E-state index contributed by atoms with van der Waals surface area (Å²) in [5.41, 5.74) is 3.98. The van der Waals surface area contributed by atoms with Crippen LogP contribution in [0.4, 0.5) is 5.69 Å². The average molecular weight is 362 g/mol. The lowest BCUT2D eigenvalue weighted by molar-refractivity contribution is -0.385. The molecule has 1 aromatic heterocycles. The summed E-state index contributed by atoms with van der Waals surface area (Å²) >= 11 is 0. The van der Waals surface area contributed by atoms with Crippen LogP contribution in [0.3, 0.4) is 0 Å². The molecule has 8 heteroatoms. The second-order valence-electron chi connectivity index (χ2n) is 6.23. The van der Waals surface area contributed by atoms with Crippen molar-refractivity contribution in [2.24, 2.45) is 0 Å². The van der Waals surface area contributed by atoms with Crippen LogP contribution in [-0.4, -0.2) is 21.7 Å². The number of aromatic amines is 1. The second-order valence-corrected chi connectivity index (χ2v) is 6.23. The van der Waals surface area contributed by atoms with Crippen LogP contribution in [0, 0.1) is 35.3 Å². The highest BCUT2D eigenvalue weighted by Crippen LogP contribution is 2.39. The molecule has 0 saturated heterocycles. The third kappa shape index (κ3) is 2.85. The lowest BCUT2D eigenvalue weighted by atomic mass is 10.1. The molecule has 0 spiro atoms. The first-order valence-electron chi connectivity index (χ1n) is 8.13. The van der Waals surface area contributed by atoms with Crippen LogP contribution in [0.1, 0.15) is 22.5 Å². The van der Waals surface area contributed by atoms with Crippen molar-refractivity contribution in [3.05, 3.63) is 56.9 Å². The Morgan fingerprint density at radius 2 is 1.96 bits per heavy atom. The van der Waals surface area contributed by atoms with Crippen LogP contribution in [0.2, 0.25) is 0 Å². The van der Waals surface area contributed by atoms with E-state index in [0.717, 1.165) is 22.2 Å². The van der Waals surface area contributed by atoms with E-state index in [1.807, 2.05) is 26.0 Å². The molecule has 0 bridgehead atoms. The van der Waals surface area contributed by atoms with Gasteiger partial charge in [-0.25, -0.2) is 4.98 Å². The second kappa shape index (κ2) is 6.14. The van der Waals surface area contributed by atoms with Crippen molar-refractivity contribution in [2.75, 3.05) is 6.79 Å². The van der Waals surface area contributed by atoms with Crippen LogP contribution in [0.5, 0.6) is 11.5 Å². The lowest BCUT2D eigenvalue weighted by Gasteiger charge is -2.01. The summed E-state index contributed by atoms with van der Waals surface area (Å²) in [6, 6.07) is 8.75. The minimum Gasteiger partial charge on any atom is -0.454 e. The van der Waals surface area contributed by atoms with E-state index in [1.165, 1.54) is 18.2 Å². The summed E-state index contributed by atoms with van der Waals surface area (Å²) in [4.78, 5) is 18.5. The number of ether oxygens (including phenoxy) is 2. The topological polar surface area (TPSA) is 114 Å². The minimum atomic E-state index is -0.520. The number of benzene rings is 2. The Kier molecular flexibility index (Phi) is 3.78. The predicted octanol–water partition coefficient (Wildman–Crippen LogP) is 3.88. The first kappa shape index (κ1) is 16.6. The Hall–Kier alpha value is -3.86. The van der Waals surface area contributed by atoms with E-state index >= 15 is 0 Å². The zero-order valence-electron chi connectivity index (χ0n) is 14.6. The number of nitriles is 1. The summed E-state index contributed by atoms with van der Waals surface area (Å²) in [6.45, 7) is 3.99. The minimum absolute atomic E-state index is 0.00698. The fourth-order valence-corrected chi connectivity index (χ4v) is 2.93. The van der Waals surface area contributed by atoms with Crippen LogP contribution < -0.4 is 9.47 Å². The van der Waals surface area contributed by atoms with Gasteiger partial charge in [-0.15, -0.1) is 0 Å². The third-order valence-corrected chi connectivity index (χ3v) is 4.49. The Morgan fingerprint density at radius 3 is 2.67 bits per heavy atom. The lowest BCUT2D eigenvalue weighted by Crippen LogP contribution is -1.93. The summed E-state index contributed by atoms with van der Waals surface area (Å²) in [7, 11) is 0. The molecule has 1 N–H and O–H groups in total. The predicted molar refractivity (Wildman–Crippen MR) is 98.3 cm³/mol. The van der Waals surface area contributed by atoms with Gasteiger partial charge in [0.15, 0.2) is 11.5 Å². The fourth-order valence-electron chi connectivity index (χ4n) is 2.93. The highest BCUT2D eigenvalue weighted by molar-refractivity contribution is 5.92. The molecule has 27 heavy (non-hydrogen) atoms. The van der Waals surface area contributed by atoms with Crippen LogP contribution >= 0.6 is 0 Å². The van der Waals surface area contributed by atoms with Gasteiger partial charge in [0.25, 0.3) is 5.69 Å². The van der Waals surface area contributed by atoms with Crippen molar-refractivity contribution in [1.29, 1.82) is 5.26 Å². The molecule has 0 fully saturated rings. The number of allylic oxidation sites excluding steroid dienone is 1. The van der Waals surface area contributed by atoms with E-state index in [9.17, 15) is 15.4 Å². The zero-order chi connectivity index (χ0) is 19.1. The smallest absolute Gasteiger partial charge is 0.280 e. The van der Waals surface area contributed by atoms with Crippen LogP contribution in [0.25, 0.3) is 22.7 Å². The third-order valence-electron chi connectivity index (χ3n) is 4.49. The number of rotatable bonds is 3. The number of imidazole rings is 1. The normalized spacial score (nSPS) is 13.0. The van der Waals surface area contributed by atoms with E-state index < -0.39 is 4.92 Å². The maximum Gasteiger partial charge on any atom is 0.280 e. The molecule has 3 aromatic rings. The summed E-state index contributed by atoms with van der Waals surface area (Å²) < 4.78 is 10.5. The molecule has 0 aliphatic carbocycles. The largest absolute Gasteiger partial charge is 0.454 e. The molecule has 0 amide bonds. The van der Waals surface area contributed by atoms with Gasteiger partial charge in [-0.1, -0.05) is 0 Å². The van der Waals surface area contributed by atoms with E-state index in [2.05, 4.69) is 16.0 Å². The first-order valence-corrected chi connectivity index (χ1v) is 8.13. The van der Waals surface area contributed by atoms with Crippen molar-refractivity contribution < 1.29 is 14.4 Å². The molecule has 2 heterocycles. The number of nitro benzene ring substituents is 1. The summed E-state index contributed by atoms with van der Waals surface area (Å²) in [5, 5.41) is 21.0. The number of aryl methyl sites for hydroxylation is 2. The van der Waals surface area contributed by atoms with Gasteiger partial charge in [-0.2, -0.15) is 5.26 Å². The zero-order valence-corrected chi connectivity index (χ0v) is 14.6. The Bertz CT molecular complexity index is 1130. The number of nitrogens with one attached hydrogen (secondary N) is 1. The molecule has 134 valence electrons. The molecule has 1 aliphatic heterocycles. The average Bonchev–Trinajstić information content (AvgIpc) is 3.25. The molecule has 0 radical (unpaired) electrons. The molecule has 0 atom stereocenters. The molecule has 0 unspecified atom stereocenters. The van der Waals surface area contributed by atoms with Crippen LogP contribution in [-0.2, 0) is 0 Å². The number of H-pyrrole nitrogens is 1. The molecular weight excluding hydrogens is 348 g/mol. The van der Waals surface area contributed by atoms with Gasteiger partial charge >= 0.3 is 0 Å². The van der Waals surface area contributed by atoms with Crippen molar-refractivity contribution >= 4 is 28.4 Å². The Balaban J connectivity index is 1.85. The SMILES string of the molecule is Cc1cc2nc(C(C#N)=Cc3cc4c(cc3[N+](=O)[O-])OCO4)[nH]c2cc1C. The monoisotopic (exact) mass is 362 g/mol. The van der Waals surface area contributed by atoms with Gasteiger partial charge < -0.3 is 14.5 Å². The van der Waals surface area contributed by atoms with E-state index in [-0.39, 0.29) is 23.6 Å². The molecular formula is C19H14N4O4. The van der Waals surface area contributed by atoms with Gasteiger partial charge in [-0.05, 0) is 49.2 Å². The highest BCUT2D eigenvalue weighted by atomic mass is 16.7. The maximum absolute atomic E-state index is 11.4. The Labute approximate surface area is 153 Å². The molecule has 0 saturated carbocycles. The van der Waals surface area contributed by atoms with Gasteiger partial charge in [0, 0.05) is 0 Å². The number of hydrogen-bond donors (Lipinski definition) is 1.